The molecule has 2 heterocycles. The summed E-state index contributed by atoms with van der Waals surface area (Å²) in [6, 6.07) is 8.70. The number of hydrogen-bond donors (Lipinski definition) is 0. The SMILES string of the molecule is Ic1cnc(N2CCc3ccccc3CC2)nc1. The smallest absolute Gasteiger partial charge is 0.225 e. The highest BCUT2D eigenvalue weighted by Crippen LogP contribution is 2.18. The van der Waals surface area contributed by atoms with E-state index in [-0.39, 0.29) is 0 Å². The van der Waals surface area contributed by atoms with Crippen molar-refractivity contribution in [2.75, 3.05) is 18.0 Å². The van der Waals surface area contributed by atoms with E-state index < -0.39 is 0 Å². The Morgan fingerprint density at radius 2 is 1.50 bits per heavy atom. The first-order chi connectivity index (χ1) is 8.83. The molecule has 0 saturated carbocycles. The number of fused-ring (bicyclic) bond motifs is 1. The Morgan fingerprint density at radius 1 is 0.944 bits per heavy atom. The lowest BCUT2D eigenvalue weighted by atomic mass is 10.0. The van der Waals surface area contributed by atoms with Crippen LogP contribution in [0.2, 0.25) is 0 Å². The molecule has 0 spiro atoms. The highest BCUT2D eigenvalue weighted by atomic mass is 127. The Morgan fingerprint density at radius 3 is 2.06 bits per heavy atom. The second-order valence-electron chi connectivity index (χ2n) is 4.46. The molecule has 0 bridgehead atoms. The van der Waals surface area contributed by atoms with Gasteiger partial charge in [0.1, 0.15) is 0 Å². The molecule has 0 amide bonds. The van der Waals surface area contributed by atoms with Crippen LogP contribution in [-0.2, 0) is 12.8 Å². The minimum Gasteiger partial charge on any atom is -0.340 e. The predicted octanol–water partition coefficient (Wildman–Crippen LogP) is 2.69. The van der Waals surface area contributed by atoms with Gasteiger partial charge in [0.25, 0.3) is 0 Å². The second kappa shape index (κ2) is 5.22. The molecule has 1 aromatic carbocycles. The first kappa shape index (κ1) is 11.9. The fraction of sp³-hybridized carbons (Fsp3) is 0.286. The highest BCUT2D eigenvalue weighted by Gasteiger charge is 2.15. The first-order valence-electron chi connectivity index (χ1n) is 6.12. The number of hydrogen-bond acceptors (Lipinski definition) is 3. The third-order valence-electron chi connectivity index (χ3n) is 3.31. The van der Waals surface area contributed by atoms with Crippen LogP contribution in [0.15, 0.2) is 36.7 Å². The van der Waals surface area contributed by atoms with E-state index in [0.717, 1.165) is 35.4 Å². The van der Waals surface area contributed by atoms with Crippen molar-refractivity contribution >= 4 is 28.5 Å². The maximum Gasteiger partial charge on any atom is 0.225 e. The number of benzene rings is 1. The molecule has 0 unspecified atom stereocenters. The van der Waals surface area contributed by atoms with Crippen LogP contribution in [-0.4, -0.2) is 23.1 Å². The normalized spacial score (nSPS) is 15.1. The number of nitrogens with zero attached hydrogens (tertiary/aromatic N) is 3. The topological polar surface area (TPSA) is 29.0 Å². The van der Waals surface area contributed by atoms with Gasteiger partial charge in [0.15, 0.2) is 0 Å². The largest absolute Gasteiger partial charge is 0.340 e. The lowest BCUT2D eigenvalue weighted by molar-refractivity contribution is 0.771. The van der Waals surface area contributed by atoms with Crippen molar-refractivity contribution in [2.45, 2.75) is 12.8 Å². The monoisotopic (exact) mass is 351 g/mol. The van der Waals surface area contributed by atoms with Crippen LogP contribution in [0.25, 0.3) is 0 Å². The fourth-order valence-electron chi connectivity index (χ4n) is 2.34. The van der Waals surface area contributed by atoms with Crippen molar-refractivity contribution in [3.63, 3.8) is 0 Å². The van der Waals surface area contributed by atoms with Gasteiger partial charge in [-0.25, -0.2) is 9.97 Å². The van der Waals surface area contributed by atoms with Crippen LogP contribution in [0.5, 0.6) is 0 Å². The average Bonchev–Trinajstić information content (AvgIpc) is 2.62. The molecule has 3 nitrogen and oxygen atoms in total. The number of anilines is 1. The predicted molar refractivity (Wildman–Crippen MR) is 80.8 cm³/mol. The molecule has 0 fully saturated rings. The highest BCUT2D eigenvalue weighted by molar-refractivity contribution is 14.1. The molecular weight excluding hydrogens is 337 g/mol. The summed E-state index contributed by atoms with van der Waals surface area (Å²) in [4.78, 5) is 11.1. The third kappa shape index (κ3) is 2.48. The molecule has 0 aliphatic carbocycles. The molecule has 0 saturated heterocycles. The number of rotatable bonds is 1. The molecule has 1 aliphatic heterocycles. The lowest BCUT2D eigenvalue weighted by Gasteiger charge is -2.19. The summed E-state index contributed by atoms with van der Waals surface area (Å²) in [6.07, 6.45) is 5.90. The summed E-state index contributed by atoms with van der Waals surface area (Å²) in [5.41, 5.74) is 2.93. The van der Waals surface area contributed by atoms with Crippen molar-refractivity contribution in [3.8, 4) is 0 Å². The summed E-state index contributed by atoms with van der Waals surface area (Å²) in [6.45, 7) is 2.00. The Kier molecular flexibility index (Phi) is 3.45. The zero-order chi connectivity index (χ0) is 12.4. The summed E-state index contributed by atoms with van der Waals surface area (Å²) in [5, 5.41) is 0. The van der Waals surface area contributed by atoms with Crippen LogP contribution >= 0.6 is 22.6 Å². The summed E-state index contributed by atoms with van der Waals surface area (Å²) >= 11 is 2.23. The van der Waals surface area contributed by atoms with Gasteiger partial charge in [0.2, 0.25) is 5.95 Å². The van der Waals surface area contributed by atoms with Crippen LogP contribution < -0.4 is 4.90 Å². The standard InChI is InChI=1S/C14H14IN3/c15-13-9-16-14(17-10-13)18-7-5-11-3-1-2-4-12(11)6-8-18/h1-4,9-10H,5-8H2. The van der Waals surface area contributed by atoms with Gasteiger partial charge < -0.3 is 4.90 Å². The van der Waals surface area contributed by atoms with Gasteiger partial charge >= 0.3 is 0 Å². The van der Waals surface area contributed by atoms with Crippen molar-refractivity contribution < 1.29 is 0 Å². The molecule has 92 valence electrons. The fourth-order valence-corrected chi connectivity index (χ4v) is 2.62. The van der Waals surface area contributed by atoms with Gasteiger partial charge in [-0.2, -0.15) is 0 Å². The molecule has 4 heteroatoms. The van der Waals surface area contributed by atoms with Crippen molar-refractivity contribution in [1.82, 2.24) is 9.97 Å². The van der Waals surface area contributed by atoms with Crippen LogP contribution in [0.3, 0.4) is 0 Å². The molecule has 0 N–H and O–H groups in total. The van der Waals surface area contributed by atoms with Gasteiger partial charge in [-0.1, -0.05) is 24.3 Å². The van der Waals surface area contributed by atoms with Crippen LogP contribution in [0.1, 0.15) is 11.1 Å². The maximum atomic E-state index is 4.41. The quantitative estimate of drug-likeness (QED) is 0.740. The number of halogens is 1. The third-order valence-corrected chi connectivity index (χ3v) is 3.87. The Hall–Kier alpha value is -1.17. The van der Waals surface area contributed by atoms with E-state index in [1.54, 1.807) is 0 Å². The van der Waals surface area contributed by atoms with E-state index in [2.05, 4.69) is 61.7 Å². The molecule has 1 aliphatic rings. The van der Waals surface area contributed by atoms with E-state index in [0.29, 0.717) is 0 Å². The molecule has 18 heavy (non-hydrogen) atoms. The number of aromatic nitrogens is 2. The maximum absolute atomic E-state index is 4.41. The summed E-state index contributed by atoms with van der Waals surface area (Å²) in [7, 11) is 0. The van der Waals surface area contributed by atoms with Crippen molar-refractivity contribution in [3.05, 3.63) is 51.4 Å². The zero-order valence-corrected chi connectivity index (χ0v) is 12.2. The summed E-state index contributed by atoms with van der Waals surface area (Å²) in [5.74, 6) is 0.850. The van der Waals surface area contributed by atoms with E-state index in [1.807, 2.05) is 12.4 Å². The van der Waals surface area contributed by atoms with Gasteiger partial charge in [-0.3, -0.25) is 0 Å². The Bertz CT molecular complexity index is 512. The van der Waals surface area contributed by atoms with Gasteiger partial charge in [-0.15, -0.1) is 0 Å². The molecule has 3 rings (SSSR count). The van der Waals surface area contributed by atoms with Crippen LogP contribution in [0, 0.1) is 3.57 Å². The van der Waals surface area contributed by atoms with E-state index in [1.165, 1.54) is 11.1 Å². The molecule has 1 aromatic heterocycles. The average molecular weight is 351 g/mol. The van der Waals surface area contributed by atoms with Gasteiger partial charge in [0, 0.05) is 29.1 Å². The lowest BCUT2D eigenvalue weighted by Crippen LogP contribution is -2.27. The Balaban J connectivity index is 1.80. The zero-order valence-electron chi connectivity index (χ0n) is 10.0. The minimum absolute atomic E-state index is 0.850. The summed E-state index contributed by atoms with van der Waals surface area (Å²) < 4.78 is 1.08. The van der Waals surface area contributed by atoms with E-state index in [4.69, 9.17) is 0 Å². The first-order valence-corrected chi connectivity index (χ1v) is 7.20. The second-order valence-corrected chi connectivity index (χ2v) is 5.70. The molecule has 0 atom stereocenters. The van der Waals surface area contributed by atoms with Crippen LogP contribution in [0.4, 0.5) is 5.95 Å². The van der Waals surface area contributed by atoms with Gasteiger partial charge in [0.05, 0.1) is 0 Å². The van der Waals surface area contributed by atoms with Crippen molar-refractivity contribution in [2.24, 2.45) is 0 Å². The van der Waals surface area contributed by atoms with E-state index >= 15 is 0 Å². The van der Waals surface area contributed by atoms with Crippen molar-refractivity contribution in [1.29, 1.82) is 0 Å². The minimum atomic E-state index is 0.850. The Labute approximate surface area is 120 Å². The molecule has 2 aromatic rings. The molecular formula is C14H14IN3. The van der Waals surface area contributed by atoms with Gasteiger partial charge in [-0.05, 0) is 46.6 Å². The van der Waals surface area contributed by atoms with E-state index in [9.17, 15) is 0 Å². The molecule has 0 radical (unpaired) electrons.